The topological polar surface area (TPSA) is 52.3 Å². The van der Waals surface area contributed by atoms with Gasteiger partial charge >= 0.3 is 0 Å². The second kappa shape index (κ2) is 3.89. The van der Waals surface area contributed by atoms with Crippen LogP contribution in [0, 0.1) is 0 Å². The minimum Gasteiger partial charge on any atom is -0.374 e. The summed E-state index contributed by atoms with van der Waals surface area (Å²) >= 11 is 5.71. The molecular weight excluding hydrogens is 204 g/mol. The first-order chi connectivity index (χ1) is 6.81. The number of ether oxygens (including phenoxy) is 1. The van der Waals surface area contributed by atoms with Crippen LogP contribution in [0.25, 0.3) is 5.65 Å². The first-order valence-corrected chi connectivity index (χ1v) is 4.62. The molecule has 74 valence electrons. The van der Waals surface area contributed by atoms with E-state index in [1.807, 2.05) is 6.92 Å². The summed E-state index contributed by atoms with van der Waals surface area (Å²) in [5, 5.41) is 8.31. The molecule has 0 aliphatic heterocycles. The predicted molar refractivity (Wildman–Crippen MR) is 51.1 cm³/mol. The fourth-order valence-corrected chi connectivity index (χ4v) is 1.25. The molecule has 0 bridgehead atoms. The maximum atomic E-state index is 5.71. The highest BCUT2D eigenvalue weighted by Crippen LogP contribution is 2.08. The number of halogens is 1. The lowest BCUT2D eigenvalue weighted by atomic mass is 10.6. The summed E-state index contributed by atoms with van der Waals surface area (Å²) < 4.78 is 6.98. The molecule has 14 heavy (non-hydrogen) atoms. The molecule has 0 fully saturated rings. The van der Waals surface area contributed by atoms with Crippen molar-refractivity contribution in [1.82, 2.24) is 19.6 Å². The van der Waals surface area contributed by atoms with E-state index in [4.69, 9.17) is 16.3 Å². The van der Waals surface area contributed by atoms with E-state index in [-0.39, 0.29) is 0 Å². The maximum absolute atomic E-state index is 5.71. The Morgan fingerprint density at radius 3 is 3.14 bits per heavy atom. The van der Waals surface area contributed by atoms with Gasteiger partial charge < -0.3 is 4.74 Å². The Morgan fingerprint density at radius 2 is 2.36 bits per heavy atom. The SMILES string of the molecule is CCOCc1nnc2cc(Cl)ncn12. The van der Waals surface area contributed by atoms with Gasteiger partial charge in [0.1, 0.15) is 18.1 Å². The predicted octanol–water partition coefficient (Wildman–Crippen LogP) is 1.31. The molecule has 0 saturated heterocycles. The van der Waals surface area contributed by atoms with Gasteiger partial charge in [-0.1, -0.05) is 11.6 Å². The van der Waals surface area contributed by atoms with E-state index < -0.39 is 0 Å². The van der Waals surface area contributed by atoms with E-state index in [0.717, 1.165) is 5.82 Å². The lowest BCUT2D eigenvalue weighted by Crippen LogP contribution is -1.99. The van der Waals surface area contributed by atoms with Crippen molar-refractivity contribution in [3.63, 3.8) is 0 Å². The molecule has 2 rings (SSSR count). The minimum absolute atomic E-state index is 0.410. The summed E-state index contributed by atoms with van der Waals surface area (Å²) in [7, 11) is 0. The zero-order valence-corrected chi connectivity index (χ0v) is 8.40. The van der Waals surface area contributed by atoms with E-state index in [1.54, 1.807) is 16.8 Å². The molecule has 0 aromatic carbocycles. The highest BCUT2D eigenvalue weighted by atomic mass is 35.5. The van der Waals surface area contributed by atoms with Crippen LogP contribution < -0.4 is 0 Å². The standard InChI is InChI=1S/C8H9ClN4O/c1-2-14-4-8-12-11-7-3-6(9)10-5-13(7)8/h3,5H,2,4H2,1H3. The molecule has 2 heterocycles. The van der Waals surface area contributed by atoms with Gasteiger partial charge in [0.05, 0.1) is 0 Å². The summed E-state index contributed by atoms with van der Waals surface area (Å²) in [6, 6.07) is 1.66. The number of fused-ring (bicyclic) bond motifs is 1. The molecule has 0 saturated carbocycles. The van der Waals surface area contributed by atoms with E-state index in [2.05, 4.69) is 15.2 Å². The van der Waals surface area contributed by atoms with Crippen LogP contribution in [-0.4, -0.2) is 26.2 Å². The Morgan fingerprint density at radius 1 is 1.50 bits per heavy atom. The average molecular weight is 213 g/mol. The minimum atomic E-state index is 0.410. The van der Waals surface area contributed by atoms with Gasteiger partial charge in [-0.15, -0.1) is 10.2 Å². The normalized spacial score (nSPS) is 11.0. The van der Waals surface area contributed by atoms with Crippen LogP contribution in [0.15, 0.2) is 12.4 Å². The third-order valence-corrected chi connectivity index (χ3v) is 1.98. The fraction of sp³-hybridized carbons (Fsp3) is 0.375. The number of nitrogens with zero attached hydrogens (tertiary/aromatic N) is 4. The monoisotopic (exact) mass is 212 g/mol. The number of aromatic nitrogens is 4. The van der Waals surface area contributed by atoms with Crippen LogP contribution in [-0.2, 0) is 11.3 Å². The lowest BCUT2D eigenvalue weighted by molar-refractivity contribution is 0.127. The Balaban J connectivity index is 2.37. The van der Waals surface area contributed by atoms with Crippen molar-refractivity contribution in [2.45, 2.75) is 13.5 Å². The molecule has 0 N–H and O–H groups in total. The maximum Gasteiger partial charge on any atom is 0.165 e. The van der Waals surface area contributed by atoms with Crippen LogP contribution in [0.2, 0.25) is 5.15 Å². The van der Waals surface area contributed by atoms with Crippen LogP contribution in [0.1, 0.15) is 12.7 Å². The molecule has 2 aromatic heterocycles. The van der Waals surface area contributed by atoms with Crippen LogP contribution in [0.5, 0.6) is 0 Å². The highest BCUT2D eigenvalue weighted by Gasteiger charge is 2.05. The van der Waals surface area contributed by atoms with E-state index in [9.17, 15) is 0 Å². The zero-order valence-electron chi connectivity index (χ0n) is 7.64. The van der Waals surface area contributed by atoms with Gasteiger partial charge in [0.25, 0.3) is 0 Å². The number of hydrogen-bond donors (Lipinski definition) is 0. The van der Waals surface area contributed by atoms with Gasteiger partial charge in [-0.25, -0.2) is 4.98 Å². The molecule has 0 unspecified atom stereocenters. The largest absolute Gasteiger partial charge is 0.374 e. The number of rotatable bonds is 3. The molecule has 0 atom stereocenters. The zero-order chi connectivity index (χ0) is 9.97. The van der Waals surface area contributed by atoms with Crippen LogP contribution in [0.4, 0.5) is 0 Å². The second-order valence-corrected chi connectivity index (χ2v) is 3.08. The van der Waals surface area contributed by atoms with Crippen molar-refractivity contribution in [3.8, 4) is 0 Å². The van der Waals surface area contributed by atoms with Crippen molar-refractivity contribution < 1.29 is 4.74 Å². The second-order valence-electron chi connectivity index (χ2n) is 2.69. The number of hydrogen-bond acceptors (Lipinski definition) is 4. The Labute approximate surface area is 85.7 Å². The summed E-state index contributed by atoms with van der Waals surface area (Å²) in [4.78, 5) is 3.94. The summed E-state index contributed by atoms with van der Waals surface area (Å²) in [5.41, 5.74) is 0.680. The van der Waals surface area contributed by atoms with Crippen molar-refractivity contribution >= 4 is 17.2 Å². The van der Waals surface area contributed by atoms with Gasteiger partial charge in [0.2, 0.25) is 0 Å². The molecule has 0 radical (unpaired) electrons. The third-order valence-electron chi connectivity index (χ3n) is 1.77. The van der Waals surface area contributed by atoms with Gasteiger partial charge in [-0.3, -0.25) is 4.40 Å². The van der Waals surface area contributed by atoms with Crippen molar-refractivity contribution in [3.05, 3.63) is 23.4 Å². The summed E-state index contributed by atoms with van der Waals surface area (Å²) in [6.45, 7) is 3.01. The van der Waals surface area contributed by atoms with E-state index >= 15 is 0 Å². The van der Waals surface area contributed by atoms with Crippen LogP contribution >= 0.6 is 11.6 Å². The van der Waals surface area contributed by atoms with Gasteiger partial charge in [-0.05, 0) is 6.92 Å². The molecule has 0 aliphatic carbocycles. The fourth-order valence-electron chi connectivity index (χ4n) is 1.11. The van der Waals surface area contributed by atoms with Gasteiger partial charge in [0.15, 0.2) is 11.5 Å². The molecule has 0 amide bonds. The van der Waals surface area contributed by atoms with E-state index in [0.29, 0.717) is 24.0 Å². The molecule has 5 nitrogen and oxygen atoms in total. The quantitative estimate of drug-likeness (QED) is 0.720. The molecule has 0 spiro atoms. The van der Waals surface area contributed by atoms with E-state index in [1.165, 1.54) is 0 Å². The molecule has 2 aromatic rings. The van der Waals surface area contributed by atoms with Gasteiger partial charge in [-0.2, -0.15) is 0 Å². The Bertz CT molecular complexity index is 442. The van der Waals surface area contributed by atoms with Crippen LogP contribution in [0.3, 0.4) is 0 Å². The van der Waals surface area contributed by atoms with Gasteiger partial charge in [0, 0.05) is 12.7 Å². The first-order valence-electron chi connectivity index (χ1n) is 4.24. The summed E-state index contributed by atoms with van der Waals surface area (Å²) in [5.74, 6) is 0.728. The molecular formula is C8H9ClN4O. The Kier molecular flexibility index (Phi) is 2.60. The Hall–Kier alpha value is -1.20. The van der Waals surface area contributed by atoms with Crippen molar-refractivity contribution in [2.24, 2.45) is 0 Å². The smallest absolute Gasteiger partial charge is 0.165 e. The third kappa shape index (κ3) is 1.69. The molecule has 0 aliphatic rings. The average Bonchev–Trinajstić information content (AvgIpc) is 2.57. The summed E-state index contributed by atoms with van der Waals surface area (Å²) in [6.07, 6.45) is 1.59. The highest BCUT2D eigenvalue weighted by molar-refractivity contribution is 6.29. The first kappa shape index (κ1) is 9.36. The van der Waals surface area contributed by atoms with Crippen molar-refractivity contribution in [1.29, 1.82) is 0 Å². The lowest BCUT2D eigenvalue weighted by Gasteiger charge is -1.98. The van der Waals surface area contributed by atoms with Crippen molar-refractivity contribution in [2.75, 3.05) is 6.61 Å². The molecule has 6 heteroatoms.